The van der Waals surface area contributed by atoms with E-state index in [2.05, 4.69) is 28.4 Å². The van der Waals surface area contributed by atoms with E-state index < -0.39 is 0 Å². The minimum Gasteiger partial charge on any atom is -0.238 e. The van der Waals surface area contributed by atoms with E-state index >= 15 is 0 Å². The second kappa shape index (κ2) is 7.12. The van der Waals surface area contributed by atoms with E-state index in [1.807, 2.05) is 43.3 Å². The minimum absolute atomic E-state index is 0.748. The summed E-state index contributed by atoms with van der Waals surface area (Å²) in [6.45, 7) is 2.02. The number of rotatable bonds is 4. The molecular formula is C19H14ClN3S2. The van der Waals surface area contributed by atoms with Crippen LogP contribution in [0.1, 0.15) is 10.6 Å². The highest BCUT2D eigenvalue weighted by Gasteiger charge is 2.15. The van der Waals surface area contributed by atoms with Crippen LogP contribution in [0.15, 0.2) is 59.6 Å². The Kier molecular flexibility index (Phi) is 4.70. The molecule has 3 nitrogen and oxygen atoms in total. The second-order valence-corrected chi connectivity index (χ2v) is 8.15. The number of halogens is 1. The van der Waals surface area contributed by atoms with Gasteiger partial charge in [0, 0.05) is 16.3 Å². The summed E-state index contributed by atoms with van der Waals surface area (Å²) < 4.78 is 1.09. The van der Waals surface area contributed by atoms with Crippen molar-refractivity contribution in [2.24, 2.45) is 0 Å². The lowest BCUT2D eigenvalue weighted by Gasteiger charge is -2.05. The van der Waals surface area contributed by atoms with E-state index in [4.69, 9.17) is 16.6 Å². The molecule has 2 aromatic heterocycles. The van der Waals surface area contributed by atoms with Gasteiger partial charge >= 0.3 is 0 Å². The molecule has 0 aliphatic heterocycles. The lowest BCUT2D eigenvalue weighted by atomic mass is 10.1. The van der Waals surface area contributed by atoms with Crippen molar-refractivity contribution in [1.82, 2.24) is 15.2 Å². The molecule has 0 N–H and O–H groups in total. The van der Waals surface area contributed by atoms with Gasteiger partial charge in [-0.3, -0.25) is 0 Å². The molecule has 0 unspecified atom stereocenters. The maximum Gasteiger partial charge on any atom is 0.146 e. The van der Waals surface area contributed by atoms with Crippen molar-refractivity contribution in [2.45, 2.75) is 17.7 Å². The SMILES string of the molecule is Cc1nc2c(SCc3cccc(Cl)c3)nnc(-c3ccccc3)c2s1. The summed E-state index contributed by atoms with van der Waals surface area (Å²) in [6.07, 6.45) is 0. The molecule has 4 aromatic rings. The molecule has 0 saturated carbocycles. The Hall–Kier alpha value is -1.95. The Morgan fingerprint density at radius 3 is 2.68 bits per heavy atom. The molecule has 6 heteroatoms. The van der Waals surface area contributed by atoms with Crippen LogP contribution in [-0.4, -0.2) is 15.2 Å². The first-order chi connectivity index (χ1) is 12.2. The Labute approximate surface area is 159 Å². The van der Waals surface area contributed by atoms with Gasteiger partial charge in [-0.1, -0.05) is 65.8 Å². The van der Waals surface area contributed by atoms with Crippen molar-refractivity contribution in [3.8, 4) is 11.3 Å². The number of thioether (sulfide) groups is 1. The van der Waals surface area contributed by atoms with Crippen LogP contribution in [0.25, 0.3) is 21.5 Å². The van der Waals surface area contributed by atoms with Gasteiger partial charge in [-0.15, -0.1) is 21.5 Å². The summed E-state index contributed by atoms with van der Waals surface area (Å²) in [5.74, 6) is 0.783. The average Bonchev–Trinajstić information content (AvgIpc) is 3.02. The van der Waals surface area contributed by atoms with Crippen LogP contribution in [0, 0.1) is 6.92 Å². The third kappa shape index (κ3) is 3.54. The highest BCUT2D eigenvalue weighted by Crippen LogP contribution is 2.36. The molecule has 0 aliphatic carbocycles. The smallest absolute Gasteiger partial charge is 0.146 e. The molecular weight excluding hydrogens is 370 g/mol. The van der Waals surface area contributed by atoms with Gasteiger partial charge in [0.25, 0.3) is 0 Å². The first-order valence-corrected chi connectivity index (χ1v) is 9.95. The van der Waals surface area contributed by atoms with Crippen LogP contribution in [0.2, 0.25) is 5.02 Å². The number of nitrogens with zero attached hydrogens (tertiary/aromatic N) is 3. The van der Waals surface area contributed by atoms with E-state index in [0.717, 1.165) is 47.8 Å². The number of thiazole rings is 1. The molecule has 0 bridgehead atoms. The molecule has 0 fully saturated rings. The van der Waals surface area contributed by atoms with Crippen LogP contribution in [-0.2, 0) is 5.75 Å². The maximum atomic E-state index is 6.07. The molecule has 0 atom stereocenters. The van der Waals surface area contributed by atoms with E-state index in [1.165, 1.54) is 0 Å². The number of aromatic nitrogens is 3. The summed E-state index contributed by atoms with van der Waals surface area (Å²) >= 11 is 9.37. The van der Waals surface area contributed by atoms with Crippen LogP contribution < -0.4 is 0 Å². The molecule has 0 radical (unpaired) electrons. The summed E-state index contributed by atoms with van der Waals surface area (Å²) in [7, 11) is 0. The molecule has 0 saturated heterocycles. The van der Waals surface area contributed by atoms with Crippen molar-refractivity contribution < 1.29 is 0 Å². The van der Waals surface area contributed by atoms with Crippen molar-refractivity contribution in [3.05, 3.63) is 70.2 Å². The first-order valence-electron chi connectivity index (χ1n) is 7.77. The maximum absolute atomic E-state index is 6.07. The molecule has 0 amide bonds. The van der Waals surface area contributed by atoms with Gasteiger partial charge in [0.2, 0.25) is 0 Å². The molecule has 2 aromatic carbocycles. The normalized spacial score (nSPS) is 11.1. The summed E-state index contributed by atoms with van der Waals surface area (Å²) in [5, 5.41) is 11.6. The van der Waals surface area contributed by atoms with Crippen molar-refractivity contribution in [2.75, 3.05) is 0 Å². The van der Waals surface area contributed by atoms with Gasteiger partial charge < -0.3 is 0 Å². The van der Waals surface area contributed by atoms with E-state index in [9.17, 15) is 0 Å². The quantitative estimate of drug-likeness (QED) is 0.404. The largest absolute Gasteiger partial charge is 0.238 e. The van der Waals surface area contributed by atoms with Gasteiger partial charge in [0.05, 0.1) is 9.71 Å². The third-order valence-electron chi connectivity index (χ3n) is 3.70. The van der Waals surface area contributed by atoms with Gasteiger partial charge in [0.15, 0.2) is 0 Å². The zero-order valence-corrected chi connectivity index (χ0v) is 15.8. The van der Waals surface area contributed by atoms with Crippen LogP contribution in [0.5, 0.6) is 0 Å². The first kappa shape index (κ1) is 16.5. The standard InChI is InChI=1S/C19H14ClN3S2/c1-12-21-17-18(25-12)16(14-7-3-2-4-8-14)22-23-19(17)24-11-13-6-5-9-15(20)10-13/h2-10H,11H2,1H3. The minimum atomic E-state index is 0.748. The fraction of sp³-hybridized carbons (Fsp3) is 0.105. The van der Waals surface area contributed by atoms with Gasteiger partial charge in [0.1, 0.15) is 16.2 Å². The number of benzene rings is 2. The van der Waals surface area contributed by atoms with Gasteiger partial charge in [-0.25, -0.2) is 4.98 Å². The monoisotopic (exact) mass is 383 g/mol. The molecule has 25 heavy (non-hydrogen) atoms. The number of aryl methyl sites for hydroxylation is 1. The van der Waals surface area contributed by atoms with Crippen molar-refractivity contribution in [1.29, 1.82) is 0 Å². The average molecular weight is 384 g/mol. The molecule has 2 heterocycles. The topological polar surface area (TPSA) is 38.7 Å². The highest BCUT2D eigenvalue weighted by molar-refractivity contribution is 7.98. The summed E-state index contributed by atoms with van der Waals surface area (Å²) in [6, 6.07) is 18.0. The third-order valence-corrected chi connectivity index (χ3v) is 5.94. The van der Waals surface area contributed by atoms with Gasteiger partial charge in [-0.2, -0.15) is 0 Å². The zero-order valence-electron chi connectivity index (χ0n) is 13.4. The lowest BCUT2D eigenvalue weighted by molar-refractivity contribution is 0.955. The molecule has 4 rings (SSSR count). The van der Waals surface area contributed by atoms with Crippen molar-refractivity contribution in [3.63, 3.8) is 0 Å². The van der Waals surface area contributed by atoms with Crippen LogP contribution in [0.4, 0.5) is 0 Å². The Balaban J connectivity index is 1.71. The van der Waals surface area contributed by atoms with Crippen LogP contribution >= 0.6 is 34.7 Å². The molecule has 0 aliphatic rings. The van der Waals surface area contributed by atoms with E-state index in [-0.39, 0.29) is 0 Å². The van der Waals surface area contributed by atoms with E-state index in [0.29, 0.717) is 0 Å². The number of hydrogen-bond acceptors (Lipinski definition) is 5. The second-order valence-electron chi connectivity index (χ2n) is 5.55. The number of fused-ring (bicyclic) bond motifs is 1. The summed E-state index contributed by atoms with van der Waals surface area (Å²) in [4.78, 5) is 4.70. The lowest BCUT2D eigenvalue weighted by Crippen LogP contribution is -1.93. The highest BCUT2D eigenvalue weighted by atomic mass is 35.5. The Bertz CT molecular complexity index is 1030. The van der Waals surface area contributed by atoms with Crippen LogP contribution in [0.3, 0.4) is 0 Å². The zero-order chi connectivity index (χ0) is 17.2. The van der Waals surface area contributed by atoms with Crippen molar-refractivity contribution >= 4 is 44.9 Å². The Morgan fingerprint density at radius 2 is 1.88 bits per heavy atom. The number of hydrogen-bond donors (Lipinski definition) is 0. The Morgan fingerprint density at radius 1 is 1.04 bits per heavy atom. The fourth-order valence-corrected chi connectivity index (χ4v) is 4.65. The predicted molar refractivity (Wildman–Crippen MR) is 106 cm³/mol. The molecule has 124 valence electrons. The molecule has 0 spiro atoms. The fourth-order valence-electron chi connectivity index (χ4n) is 2.58. The van der Waals surface area contributed by atoms with Gasteiger partial charge in [-0.05, 0) is 24.6 Å². The van der Waals surface area contributed by atoms with E-state index in [1.54, 1.807) is 23.1 Å². The predicted octanol–water partition coefficient (Wildman–Crippen LogP) is 6.01. The summed E-state index contributed by atoms with van der Waals surface area (Å²) in [5.41, 5.74) is 4.05.